The summed E-state index contributed by atoms with van der Waals surface area (Å²) in [5.74, 6) is 0. The lowest BCUT2D eigenvalue weighted by Gasteiger charge is -2.22. The molecular formula is C11H17NOS. The highest BCUT2D eigenvalue weighted by atomic mass is 32.1. The van der Waals surface area contributed by atoms with Crippen molar-refractivity contribution >= 4 is 11.3 Å². The largest absolute Gasteiger partial charge is 0.395 e. The zero-order valence-electron chi connectivity index (χ0n) is 8.35. The summed E-state index contributed by atoms with van der Waals surface area (Å²) < 4.78 is 0. The lowest BCUT2D eigenvalue weighted by atomic mass is 10.2. The third-order valence-electron chi connectivity index (χ3n) is 2.98. The smallest absolute Gasteiger partial charge is 0.0586 e. The van der Waals surface area contributed by atoms with Gasteiger partial charge in [0.05, 0.1) is 6.61 Å². The average molecular weight is 211 g/mol. The maximum atomic E-state index is 9.15. The van der Waals surface area contributed by atoms with Crippen molar-refractivity contribution in [1.29, 1.82) is 0 Å². The molecule has 3 heteroatoms. The van der Waals surface area contributed by atoms with Gasteiger partial charge in [-0.1, -0.05) is 0 Å². The SMILES string of the molecule is OC[C@H]1CCCN1CCc1ccsc1. The predicted octanol–water partition coefficient (Wildman–Crippen LogP) is 1.75. The van der Waals surface area contributed by atoms with Crippen LogP contribution >= 0.6 is 11.3 Å². The van der Waals surface area contributed by atoms with Crippen molar-refractivity contribution < 1.29 is 5.11 Å². The number of rotatable bonds is 4. The van der Waals surface area contributed by atoms with Crippen molar-refractivity contribution in [3.8, 4) is 0 Å². The van der Waals surface area contributed by atoms with E-state index in [2.05, 4.69) is 21.7 Å². The number of nitrogens with zero attached hydrogens (tertiary/aromatic N) is 1. The molecule has 0 radical (unpaired) electrons. The van der Waals surface area contributed by atoms with Crippen LogP contribution in [0.4, 0.5) is 0 Å². The average Bonchev–Trinajstić information content (AvgIpc) is 2.85. The van der Waals surface area contributed by atoms with Crippen molar-refractivity contribution in [3.05, 3.63) is 22.4 Å². The van der Waals surface area contributed by atoms with Gasteiger partial charge in [0.2, 0.25) is 0 Å². The van der Waals surface area contributed by atoms with Crippen molar-refractivity contribution in [2.75, 3.05) is 19.7 Å². The minimum Gasteiger partial charge on any atom is -0.395 e. The van der Waals surface area contributed by atoms with Crippen LogP contribution in [0, 0.1) is 0 Å². The molecule has 1 aliphatic heterocycles. The summed E-state index contributed by atoms with van der Waals surface area (Å²) in [6, 6.07) is 2.61. The van der Waals surface area contributed by atoms with E-state index < -0.39 is 0 Å². The molecule has 0 unspecified atom stereocenters. The molecule has 2 nitrogen and oxygen atoms in total. The van der Waals surface area contributed by atoms with Gasteiger partial charge >= 0.3 is 0 Å². The van der Waals surface area contributed by atoms with Crippen LogP contribution in [0.15, 0.2) is 16.8 Å². The summed E-state index contributed by atoms with van der Waals surface area (Å²) in [4.78, 5) is 2.41. The predicted molar refractivity (Wildman–Crippen MR) is 59.7 cm³/mol. The van der Waals surface area contributed by atoms with Gasteiger partial charge in [-0.05, 0) is 48.2 Å². The molecule has 0 spiro atoms. The van der Waals surface area contributed by atoms with E-state index in [1.165, 1.54) is 18.4 Å². The molecule has 1 aromatic rings. The third kappa shape index (κ3) is 2.35. The first-order valence-corrected chi connectivity index (χ1v) is 6.20. The van der Waals surface area contributed by atoms with Gasteiger partial charge in [0.15, 0.2) is 0 Å². The van der Waals surface area contributed by atoms with Crippen molar-refractivity contribution in [2.45, 2.75) is 25.3 Å². The van der Waals surface area contributed by atoms with Crippen LogP contribution in [0.5, 0.6) is 0 Å². The molecule has 1 N–H and O–H groups in total. The Balaban J connectivity index is 1.80. The maximum absolute atomic E-state index is 9.15. The first-order chi connectivity index (χ1) is 6.90. The maximum Gasteiger partial charge on any atom is 0.0586 e. The molecule has 1 aromatic heterocycles. The molecule has 2 heterocycles. The van der Waals surface area contributed by atoms with Crippen LogP contribution in [-0.4, -0.2) is 35.7 Å². The summed E-state index contributed by atoms with van der Waals surface area (Å²) in [5.41, 5.74) is 1.43. The second-order valence-corrected chi connectivity index (χ2v) is 4.68. The molecule has 1 atom stereocenters. The quantitative estimate of drug-likeness (QED) is 0.820. The second kappa shape index (κ2) is 4.91. The van der Waals surface area contributed by atoms with Crippen LogP contribution in [0.1, 0.15) is 18.4 Å². The fourth-order valence-corrected chi connectivity index (χ4v) is 2.81. The third-order valence-corrected chi connectivity index (χ3v) is 3.71. The van der Waals surface area contributed by atoms with Gasteiger partial charge in [0.1, 0.15) is 0 Å². The minimum absolute atomic E-state index is 0.323. The van der Waals surface area contributed by atoms with E-state index in [1.807, 2.05) is 0 Å². The van der Waals surface area contributed by atoms with Crippen molar-refractivity contribution in [2.24, 2.45) is 0 Å². The summed E-state index contributed by atoms with van der Waals surface area (Å²) in [6.07, 6.45) is 3.54. The molecule has 0 amide bonds. The highest BCUT2D eigenvalue weighted by Gasteiger charge is 2.22. The van der Waals surface area contributed by atoms with Crippen molar-refractivity contribution in [3.63, 3.8) is 0 Å². The summed E-state index contributed by atoms with van der Waals surface area (Å²) in [7, 11) is 0. The van der Waals surface area contributed by atoms with Crippen LogP contribution < -0.4 is 0 Å². The van der Waals surface area contributed by atoms with Crippen LogP contribution in [0.3, 0.4) is 0 Å². The van der Waals surface area contributed by atoms with E-state index in [1.54, 1.807) is 11.3 Å². The molecule has 0 aliphatic carbocycles. The highest BCUT2D eigenvalue weighted by Crippen LogP contribution is 2.17. The fraction of sp³-hybridized carbons (Fsp3) is 0.636. The first kappa shape index (κ1) is 10.1. The molecule has 78 valence electrons. The van der Waals surface area contributed by atoms with Gasteiger partial charge in [0, 0.05) is 12.6 Å². The number of hydrogen-bond donors (Lipinski definition) is 1. The molecule has 2 rings (SSSR count). The Morgan fingerprint density at radius 1 is 1.57 bits per heavy atom. The Morgan fingerprint density at radius 2 is 2.50 bits per heavy atom. The molecular weight excluding hydrogens is 194 g/mol. The fourth-order valence-electron chi connectivity index (χ4n) is 2.10. The molecule has 1 saturated heterocycles. The summed E-state index contributed by atoms with van der Waals surface area (Å²) in [6.45, 7) is 2.58. The number of aliphatic hydroxyl groups is 1. The lowest BCUT2D eigenvalue weighted by Crippen LogP contribution is -2.33. The van der Waals surface area contributed by atoms with Crippen molar-refractivity contribution in [1.82, 2.24) is 4.90 Å². The summed E-state index contributed by atoms with van der Waals surface area (Å²) >= 11 is 1.76. The van der Waals surface area contributed by atoms with E-state index in [0.717, 1.165) is 19.5 Å². The topological polar surface area (TPSA) is 23.5 Å². The Labute approximate surface area is 89.2 Å². The highest BCUT2D eigenvalue weighted by molar-refractivity contribution is 7.07. The molecule has 0 saturated carbocycles. The van der Waals surface area contributed by atoms with Gasteiger partial charge in [-0.3, -0.25) is 4.90 Å². The van der Waals surface area contributed by atoms with Gasteiger partial charge in [0.25, 0.3) is 0 Å². The van der Waals surface area contributed by atoms with E-state index in [-0.39, 0.29) is 0 Å². The van der Waals surface area contributed by atoms with Gasteiger partial charge < -0.3 is 5.11 Å². The zero-order chi connectivity index (χ0) is 9.80. The van der Waals surface area contributed by atoms with Gasteiger partial charge in [-0.15, -0.1) is 0 Å². The second-order valence-electron chi connectivity index (χ2n) is 3.90. The van der Waals surface area contributed by atoms with E-state index in [0.29, 0.717) is 12.6 Å². The van der Waals surface area contributed by atoms with Gasteiger partial charge in [-0.25, -0.2) is 0 Å². The number of thiophene rings is 1. The standard InChI is InChI=1S/C11H17NOS/c13-8-11-2-1-5-12(11)6-3-10-4-7-14-9-10/h4,7,9,11,13H,1-3,5-6,8H2/t11-/m1/s1. The van der Waals surface area contributed by atoms with E-state index >= 15 is 0 Å². The monoisotopic (exact) mass is 211 g/mol. The normalized spacial score (nSPS) is 23.1. The van der Waals surface area contributed by atoms with E-state index in [4.69, 9.17) is 5.11 Å². The Hall–Kier alpha value is -0.380. The minimum atomic E-state index is 0.323. The molecule has 1 fully saturated rings. The van der Waals surface area contributed by atoms with Gasteiger partial charge in [-0.2, -0.15) is 11.3 Å². The Morgan fingerprint density at radius 3 is 3.21 bits per heavy atom. The van der Waals surface area contributed by atoms with Crippen LogP contribution in [0.25, 0.3) is 0 Å². The number of aliphatic hydroxyl groups excluding tert-OH is 1. The Bertz CT molecular complexity index is 260. The zero-order valence-corrected chi connectivity index (χ0v) is 9.17. The first-order valence-electron chi connectivity index (χ1n) is 5.26. The molecule has 0 aromatic carbocycles. The van der Waals surface area contributed by atoms with Crippen LogP contribution in [0.2, 0.25) is 0 Å². The number of hydrogen-bond acceptors (Lipinski definition) is 3. The molecule has 14 heavy (non-hydrogen) atoms. The van der Waals surface area contributed by atoms with Crippen LogP contribution in [-0.2, 0) is 6.42 Å². The molecule has 1 aliphatic rings. The lowest BCUT2D eigenvalue weighted by molar-refractivity contribution is 0.160. The summed E-state index contributed by atoms with van der Waals surface area (Å²) in [5, 5.41) is 13.5. The van der Waals surface area contributed by atoms with E-state index in [9.17, 15) is 0 Å². The molecule has 0 bridgehead atoms. The Kier molecular flexibility index (Phi) is 3.56. The number of likely N-dealkylation sites (tertiary alicyclic amines) is 1.